The number of nitro groups is 1. The van der Waals surface area contributed by atoms with Gasteiger partial charge in [-0.3, -0.25) is 19.7 Å². The first kappa shape index (κ1) is 10.3. The number of halogens is 1. The third kappa shape index (κ3) is 1.62. The maximum Gasteiger partial charge on any atom is 0.299 e. The lowest BCUT2D eigenvalue weighted by molar-refractivity contribution is -0.384. The standard InChI is InChI=1S/C8H4ClNO4/c9-7-5(3-11)1-2-6(4-12)8(7)10(13)14/h1-4H. The fourth-order valence-corrected chi connectivity index (χ4v) is 1.25. The number of carbonyl (C=O) groups excluding carboxylic acids is 2. The number of nitro benzene ring substituents is 1. The molecular formula is C8H4ClNO4. The van der Waals surface area contributed by atoms with Gasteiger partial charge in [0.25, 0.3) is 5.69 Å². The highest BCUT2D eigenvalue weighted by atomic mass is 35.5. The molecule has 0 heterocycles. The summed E-state index contributed by atoms with van der Waals surface area (Å²) in [6.45, 7) is 0. The molecule has 5 nitrogen and oxygen atoms in total. The Hall–Kier alpha value is -1.75. The second-order valence-electron chi connectivity index (χ2n) is 2.40. The van der Waals surface area contributed by atoms with Crippen LogP contribution in [0.1, 0.15) is 20.7 Å². The van der Waals surface area contributed by atoms with Crippen LogP contribution in [0.4, 0.5) is 5.69 Å². The van der Waals surface area contributed by atoms with Crippen LogP contribution in [0, 0.1) is 10.1 Å². The van der Waals surface area contributed by atoms with E-state index in [1.807, 2.05) is 0 Å². The Kier molecular flexibility index (Phi) is 2.93. The average molecular weight is 214 g/mol. The number of carbonyl (C=O) groups is 2. The van der Waals surface area contributed by atoms with Gasteiger partial charge in [0.1, 0.15) is 5.02 Å². The van der Waals surface area contributed by atoms with Crippen molar-refractivity contribution >= 4 is 29.9 Å². The first-order chi connectivity index (χ1) is 6.61. The third-order valence-electron chi connectivity index (χ3n) is 1.61. The summed E-state index contributed by atoms with van der Waals surface area (Å²) in [4.78, 5) is 30.6. The van der Waals surface area contributed by atoms with Crippen molar-refractivity contribution in [3.63, 3.8) is 0 Å². The first-order valence-electron chi connectivity index (χ1n) is 3.49. The molecule has 0 bridgehead atoms. The van der Waals surface area contributed by atoms with Gasteiger partial charge in [-0.15, -0.1) is 0 Å². The monoisotopic (exact) mass is 213 g/mol. The van der Waals surface area contributed by atoms with Crippen LogP contribution >= 0.6 is 11.6 Å². The number of hydrogen-bond acceptors (Lipinski definition) is 4. The van der Waals surface area contributed by atoms with Gasteiger partial charge < -0.3 is 0 Å². The van der Waals surface area contributed by atoms with Crippen molar-refractivity contribution in [2.75, 3.05) is 0 Å². The van der Waals surface area contributed by atoms with E-state index in [-0.39, 0.29) is 16.1 Å². The smallest absolute Gasteiger partial charge is 0.298 e. The fraction of sp³-hybridized carbons (Fsp3) is 0. The molecule has 0 aromatic heterocycles. The maximum atomic E-state index is 10.5. The summed E-state index contributed by atoms with van der Waals surface area (Å²) in [7, 11) is 0. The number of aldehydes is 2. The number of hydrogen-bond donors (Lipinski definition) is 0. The highest BCUT2D eigenvalue weighted by Gasteiger charge is 2.20. The molecule has 0 aliphatic carbocycles. The zero-order valence-corrected chi connectivity index (χ0v) is 7.52. The van der Waals surface area contributed by atoms with Crippen LogP contribution in [-0.2, 0) is 0 Å². The van der Waals surface area contributed by atoms with E-state index in [1.165, 1.54) is 12.1 Å². The molecule has 0 aliphatic heterocycles. The molecule has 0 atom stereocenters. The maximum absolute atomic E-state index is 10.5. The lowest BCUT2D eigenvalue weighted by Gasteiger charge is -1.99. The molecule has 0 fully saturated rings. The molecule has 0 saturated carbocycles. The highest BCUT2D eigenvalue weighted by Crippen LogP contribution is 2.29. The summed E-state index contributed by atoms with van der Waals surface area (Å²) in [5.41, 5.74) is -0.694. The lowest BCUT2D eigenvalue weighted by Crippen LogP contribution is -1.97. The molecule has 0 radical (unpaired) electrons. The Morgan fingerprint density at radius 1 is 1.21 bits per heavy atom. The molecule has 0 amide bonds. The van der Waals surface area contributed by atoms with Gasteiger partial charge in [0, 0.05) is 5.56 Å². The van der Waals surface area contributed by atoms with Crippen LogP contribution in [0.5, 0.6) is 0 Å². The average Bonchev–Trinajstić information content (AvgIpc) is 2.16. The van der Waals surface area contributed by atoms with Crippen molar-refractivity contribution in [3.05, 3.63) is 38.4 Å². The predicted octanol–water partition coefficient (Wildman–Crippen LogP) is 1.87. The molecule has 1 rings (SSSR count). The number of nitrogens with zero attached hydrogens (tertiary/aromatic N) is 1. The van der Waals surface area contributed by atoms with E-state index in [1.54, 1.807) is 0 Å². The molecule has 14 heavy (non-hydrogen) atoms. The van der Waals surface area contributed by atoms with Crippen molar-refractivity contribution in [1.29, 1.82) is 0 Å². The van der Waals surface area contributed by atoms with E-state index in [0.29, 0.717) is 12.6 Å². The quantitative estimate of drug-likeness (QED) is 0.436. The van der Waals surface area contributed by atoms with Crippen LogP contribution in [0.3, 0.4) is 0 Å². The van der Waals surface area contributed by atoms with Crippen molar-refractivity contribution in [2.45, 2.75) is 0 Å². The van der Waals surface area contributed by atoms with Gasteiger partial charge in [0.2, 0.25) is 0 Å². The van der Waals surface area contributed by atoms with Crippen LogP contribution in [0.15, 0.2) is 12.1 Å². The molecule has 0 saturated heterocycles. The van der Waals surface area contributed by atoms with Crippen LogP contribution in [0.2, 0.25) is 5.02 Å². The third-order valence-corrected chi connectivity index (χ3v) is 2.01. The van der Waals surface area contributed by atoms with Crippen molar-refractivity contribution in [2.24, 2.45) is 0 Å². The summed E-state index contributed by atoms with van der Waals surface area (Å²) in [5, 5.41) is 10.2. The predicted molar refractivity (Wildman–Crippen MR) is 48.9 cm³/mol. The van der Waals surface area contributed by atoms with Crippen molar-refractivity contribution < 1.29 is 14.5 Å². The summed E-state index contributed by atoms with van der Waals surface area (Å²) < 4.78 is 0. The molecule has 0 unspecified atom stereocenters. The zero-order chi connectivity index (χ0) is 10.7. The first-order valence-corrected chi connectivity index (χ1v) is 3.87. The molecule has 72 valence electrons. The van der Waals surface area contributed by atoms with Gasteiger partial charge in [0.15, 0.2) is 12.6 Å². The van der Waals surface area contributed by atoms with Gasteiger partial charge in [-0.05, 0) is 12.1 Å². The van der Waals surface area contributed by atoms with E-state index in [0.717, 1.165) is 0 Å². The molecular weight excluding hydrogens is 210 g/mol. The van der Waals surface area contributed by atoms with Gasteiger partial charge in [-0.2, -0.15) is 0 Å². The summed E-state index contributed by atoms with van der Waals surface area (Å²) in [6.07, 6.45) is 0.711. The number of benzene rings is 1. The summed E-state index contributed by atoms with van der Waals surface area (Å²) in [6, 6.07) is 2.44. The zero-order valence-electron chi connectivity index (χ0n) is 6.77. The normalized spacial score (nSPS) is 9.50. The van der Waals surface area contributed by atoms with Crippen molar-refractivity contribution in [3.8, 4) is 0 Å². The minimum atomic E-state index is -0.793. The summed E-state index contributed by atoms with van der Waals surface area (Å²) in [5.74, 6) is 0. The van der Waals surface area contributed by atoms with Gasteiger partial charge >= 0.3 is 0 Å². The van der Waals surface area contributed by atoms with Crippen LogP contribution in [0.25, 0.3) is 0 Å². The number of rotatable bonds is 3. The van der Waals surface area contributed by atoms with Crippen molar-refractivity contribution in [1.82, 2.24) is 0 Å². The molecule has 0 aliphatic rings. The molecule has 1 aromatic carbocycles. The van der Waals surface area contributed by atoms with E-state index < -0.39 is 10.6 Å². The SMILES string of the molecule is O=Cc1ccc(C=O)c([N+](=O)[O-])c1Cl. The van der Waals surface area contributed by atoms with E-state index in [2.05, 4.69) is 0 Å². The minimum absolute atomic E-state index is 0.0102. The Bertz CT molecular complexity index is 416. The molecule has 6 heteroatoms. The highest BCUT2D eigenvalue weighted by molar-refractivity contribution is 6.35. The minimum Gasteiger partial charge on any atom is -0.298 e. The van der Waals surface area contributed by atoms with E-state index in [9.17, 15) is 19.7 Å². The molecule has 1 aromatic rings. The second-order valence-corrected chi connectivity index (χ2v) is 2.78. The Balaban J connectivity index is 3.54. The second kappa shape index (κ2) is 3.97. The topological polar surface area (TPSA) is 77.3 Å². The lowest BCUT2D eigenvalue weighted by atomic mass is 10.1. The van der Waals surface area contributed by atoms with Crippen LogP contribution in [-0.4, -0.2) is 17.5 Å². The van der Waals surface area contributed by atoms with E-state index >= 15 is 0 Å². The summed E-state index contributed by atoms with van der Waals surface area (Å²) >= 11 is 5.56. The Morgan fingerprint density at radius 2 is 1.71 bits per heavy atom. The van der Waals surface area contributed by atoms with E-state index in [4.69, 9.17) is 11.6 Å². The van der Waals surface area contributed by atoms with Gasteiger partial charge in [-0.1, -0.05) is 11.6 Å². The fourth-order valence-electron chi connectivity index (χ4n) is 0.967. The Morgan fingerprint density at radius 3 is 2.14 bits per heavy atom. The van der Waals surface area contributed by atoms with Gasteiger partial charge in [0.05, 0.1) is 10.5 Å². The molecule has 0 N–H and O–H groups in total. The van der Waals surface area contributed by atoms with Crippen LogP contribution < -0.4 is 0 Å². The molecule has 0 spiro atoms. The Labute approximate surface area is 83.4 Å². The largest absolute Gasteiger partial charge is 0.299 e. The van der Waals surface area contributed by atoms with Gasteiger partial charge in [-0.25, -0.2) is 0 Å².